The first-order valence-corrected chi connectivity index (χ1v) is 7.89. The second-order valence-electron chi connectivity index (χ2n) is 5.46. The molecule has 0 unspecified atom stereocenters. The third-order valence-corrected chi connectivity index (χ3v) is 3.73. The Balaban J connectivity index is 1.76. The van der Waals surface area contributed by atoms with E-state index in [0.29, 0.717) is 34.3 Å². The van der Waals surface area contributed by atoms with Gasteiger partial charge in [-0.1, -0.05) is 5.16 Å². The van der Waals surface area contributed by atoms with Gasteiger partial charge in [0, 0.05) is 18.0 Å². The van der Waals surface area contributed by atoms with Gasteiger partial charge in [0.05, 0.1) is 19.8 Å². The first-order chi connectivity index (χ1) is 12.6. The van der Waals surface area contributed by atoms with Crippen molar-refractivity contribution in [1.29, 1.82) is 0 Å². The number of hydrogen-bond acceptors (Lipinski definition) is 7. The van der Waals surface area contributed by atoms with Crippen molar-refractivity contribution in [3.63, 3.8) is 0 Å². The van der Waals surface area contributed by atoms with Crippen LogP contribution in [-0.2, 0) is 0 Å². The Hall–Kier alpha value is -3.42. The van der Waals surface area contributed by atoms with Crippen LogP contribution in [0.15, 0.2) is 47.2 Å². The summed E-state index contributed by atoms with van der Waals surface area (Å²) >= 11 is 0. The van der Waals surface area contributed by atoms with E-state index in [1.54, 1.807) is 57.7 Å². The molecule has 0 radical (unpaired) electrons. The van der Waals surface area contributed by atoms with Gasteiger partial charge in [0.15, 0.2) is 11.5 Å². The van der Waals surface area contributed by atoms with Gasteiger partial charge in [0.25, 0.3) is 5.91 Å². The smallest absolute Gasteiger partial charge is 0.253 e. The zero-order chi connectivity index (χ0) is 18.5. The second-order valence-corrected chi connectivity index (χ2v) is 5.46. The van der Waals surface area contributed by atoms with E-state index in [0.717, 1.165) is 0 Å². The number of hydrogen-bond donors (Lipinski definition) is 1. The first-order valence-electron chi connectivity index (χ1n) is 7.89. The van der Waals surface area contributed by atoms with Crippen molar-refractivity contribution < 1.29 is 18.8 Å². The standard InChI is InChI=1S/C18H18N4O4/c1-11(20-17(23)13-5-4-8-19-10-13)18-21-16(22-26-18)12-6-7-14(24-2)15(9-12)25-3/h4-11H,1-3H3,(H,20,23)/t11-/m0/s1. The SMILES string of the molecule is COc1ccc(-c2noc([C@H](C)NC(=O)c3cccnc3)n2)cc1OC. The van der Waals surface area contributed by atoms with Crippen molar-refractivity contribution in [2.24, 2.45) is 0 Å². The summed E-state index contributed by atoms with van der Waals surface area (Å²) in [6.07, 6.45) is 3.10. The third-order valence-electron chi connectivity index (χ3n) is 3.73. The summed E-state index contributed by atoms with van der Waals surface area (Å²) in [7, 11) is 3.12. The molecule has 1 amide bonds. The molecule has 8 nitrogen and oxygen atoms in total. The minimum Gasteiger partial charge on any atom is -0.493 e. The maximum absolute atomic E-state index is 12.2. The number of nitrogens with one attached hydrogen (secondary N) is 1. The Morgan fingerprint density at radius 3 is 2.69 bits per heavy atom. The lowest BCUT2D eigenvalue weighted by molar-refractivity contribution is 0.0932. The van der Waals surface area contributed by atoms with E-state index >= 15 is 0 Å². The second kappa shape index (κ2) is 7.64. The van der Waals surface area contributed by atoms with Crippen molar-refractivity contribution in [3.8, 4) is 22.9 Å². The molecule has 1 N–H and O–H groups in total. The predicted octanol–water partition coefficient (Wildman–Crippen LogP) is 2.64. The van der Waals surface area contributed by atoms with Gasteiger partial charge in [-0.05, 0) is 37.3 Å². The van der Waals surface area contributed by atoms with Gasteiger partial charge in [-0.2, -0.15) is 4.98 Å². The highest BCUT2D eigenvalue weighted by molar-refractivity contribution is 5.93. The molecule has 2 heterocycles. The highest BCUT2D eigenvalue weighted by Gasteiger charge is 2.19. The fourth-order valence-corrected chi connectivity index (χ4v) is 2.34. The highest BCUT2D eigenvalue weighted by Crippen LogP contribution is 2.31. The Morgan fingerprint density at radius 1 is 1.19 bits per heavy atom. The topological polar surface area (TPSA) is 99.4 Å². The van der Waals surface area contributed by atoms with Crippen LogP contribution in [0.5, 0.6) is 11.5 Å². The van der Waals surface area contributed by atoms with Crippen LogP contribution in [0.4, 0.5) is 0 Å². The molecule has 134 valence electrons. The van der Waals surface area contributed by atoms with Crippen LogP contribution in [0.2, 0.25) is 0 Å². The summed E-state index contributed by atoms with van der Waals surface area (Å²) in [6.45, 7) is 1.76. The normalized spacial score (nSPS) is 11.7. The van der Waals surface area contributed by atoms with Gasteiger partial charge >= 0.3 is 0 Å². The average molecular weight is 354 g/mol. The third kappa shape index (κ3) is 3.64. The molecule has 1 atom stereocenters. The van der Waals surface area contributed by atoms with Crippen molar-refractivity contribution in [2.45, 2.75) is 13.0 Å². The van der Waals surface area contributed by atoms with Gasteiger partial charge < -0.3 is 19.3 Å². The van der Waals surface area contributed by atoms with E-state index in [9.17, 15) is 4.79 Å². The molecular formula is C18H18N4O4. The van der Waals surface area contributed by atoms with Gasteiger partial charge in [-0.15, -0.1) is 0 Å². The maximum Gasteiger partial charge on any atom is 0.253 e. The largest absolute Gasteiger partial charge is 0.493 e. The number of rotatable bonds is 6. The first kappa shape index (κ1) is 17.4. The fraction of sp³-hybridized carbons (Fsp3) is 0.222. The van der Waals surface area contributed by atoms with Crippen LogP contribution in [0.25, 0.3) is 11.4 Å². The van der Waals surface area contributed by atoms with E-state index in [-0.39, 0.29) is 5.91 Å². The molecule has 0 fully saturated rings. The summed E-state index contributed by atoms with van der Waals surface area (Å²) in [5.41, 5.74) is 1.17. The quantitative estimate of drug-likeness (QED) is 0.726. The number of pyridine rings is 1. The average Bonchev–Trinajstić information content (AvgIpc) is 3.18. The van der Waals surface area contributed by atoms with E-state index in [4.69, 9.17) is 14.0 Å². The number of ether oxygens (including phenoxy) is 2. The van der Waals surface area contributed by atoms with E-state index in [1.165, 1.54) is 6.20 Å². The zero-order valence-corrected chi connectivity index (χ0v) is 14.6. The Labute approximate surface area is 150 Å². The highest BCUT2D eigenvalue weighted by atomic mass is 16.5. The molecule has 26 heavy (non-hydrogen) atoms. The molecule has 3 aromatic rings. The minimum atomic E-state index is -0.455. The molecule has 0 aliphatic rings. The molecular weight excluding hydrogens is 336 g/mol. The van der Waals surface area contributed by atoms with Gasteiger partial charge in [-0.3, -0.25) is 9.78 Å². The molecule has 0 aliphatic heterocycles. The lowest BCUT2D eigenvalue weighted by Gasteiger charge is -2.09. The monoisotopic (exact) mass is 354 g/mol. The Kier molecular flexibility index (Phi) is 5.12. The van der Waals surface area contributed by atoms with Crippen LogP contribution >= 0.6 is 0 Å². The zero-order valence-electron chi connectivity index (χ0n) is 14.6. The van der Waals surface area contributed by atoms with Gasteiger partial charge in [0.2, 0.25) is 11.7 Å². The molecule has 0 aliphatic carbocycles. The molecule has 0 bridgehead atoms. The van der Waals surface area contributed by atoms with Gasteiger partial charge in [0.1, 0.15) is 6.04 Å². The molecule has 2 aromatic heterocycles. The van der Waals surface area contributed by atoms with E-state index in [1.807, 2.05) is 0 Å². The van der Waals surface area contributed by atoms with Crippen molar-refractivity contribution in [2.75, 3.05) is 14.2 Å². The molecule has 3 rings (SSSR count). The van der Waals surface area contributed by atoms with Crippen LogP contribution in [0, 0.1) is 0 Å². The number of carbonyl (C=O) groups excluding carboxylic acids is 1. The van der Waals surface area contributed by atoms with Gasteiger partial charge in [-0.25, -0.2) is 0 Å². The molecule has 1 aromatic carbocycles. The Bertz CT molecular complexity index is 895. The lowest BCUT2D eigenvalue weighted by Crippen LogP contribution is -2.26. The number of nitrogens with zero attached hydrogens (tertiary/aromatic N) is 3. The number of benzene rings is 1. The molecule has 8 heteroatoms. The number of carbonyl (C=O) groups is 1. The lowest BCUT2D eigenvalue weighted by atomic mass is 10.2. The summed E-state index contributed by atoms with van der Waals surface area (Å²) in [5.74, 6) is 1.60. The van der Waals surface area contributed by atoms with Crippen molar-refractivity contribution in [3.05, 3.63) is 54.2 Å². The van der Waals surface area contributed by atoms with Crippen LogP contribution in [0.1, 0.15) is 29.2 Å². The Morgan fingerprint density at radius 2 is 2.00 bits per heavy atom. The predicted molar refractivity (Wildman–Crippen MR) is 93.0 cm³/mol. The number of methoxy groups -OCH3 is 2. The number of aromatic nitrogens is 3. The number of amides is 1. The molecule has 0 saturated carbocycles. The van der Waals surface area contributed by atoms with Crippen LogP contribution in [-0.4, -0.2) is 35.3 Å². The summed E-state index contributed by atoms with van der Waals surface area (Å²) in [4.78, 5) is 20.5. The summed E-state index contributed by atoms with van der Waals surface area (Å²) in [5, 5.41) is 6.77. The summed E-state index contributed by atoms with van der Waals surface area (Å²) in [6, 6.07) is 8.24. The van der Waals surface area contributed by atoms with Crippen molar-refractivity contribution >= 4 is 5.91 Å². The molecule has 0 spiro atoms. The van der Waals surface area contributed by atoms with Crippen molar-refractivity contribution in [1.82, 2.24) is 20.4 Å². The molecule has 0 saturated heterocycles. The van der Waals surface area contributed by atoms with Crippen LogP contribution in [0.3, 0.4) is 0 Å². The van der Waals surface area contributed by atoms with Crippen LogP contribution < -0.4 is 14.8 Å². The van der Waals surface area contributed by atoms with E-state index in [2.05, 4.69) is 20.4 Å². The minimum absolute atomic E-state index is 0.267. The summed E-state index contributed by atoms with van der Waals surface area (Å²) < 4.78 is 15.8. The van der Waals surface area contributed by atoms with E-state index < -0.39 is 6.04 Å². The fourth-order valence-electron chi connectivity index (χ4n) is 2.34. The maximum atomic E-state index is 12.2.